The number of hydrogen-bond acceptors (Lipinski definition) is 5. The van der Waals surface area contributed by atoms with Crippen LogP contribution in [0.25, 0.3) is 11.4 Å². The fourth-order valence-corrected chi connectivity index (χ4v) is 2.85. The van der Waals surface area contributed by atoms with Gasteiger partial charge in [-0.1, -0.05) is 30.3 Å². The molecule has 0 bridgehead atoms. The van der Waals surface area contributed by atoms with Gasteiger partial charge in [-0.15, -0.1) is 0 Å². The molecule has 0 fully saturated rings. The van der Waals surface area contributed by atoms with E-state index in [1.807, 2.05) is 47.4 Å². The van der Waals surface area contributed by atoms with Crippen molar-refractivity contribution < 1.29 is 0 Å². The zero-order valence-electron chi connectivity index (χ0n) is 12.8. The van der Waals surface area contributed by atoms with Crippen molar-refractivity contribution in [1.82, 2.24) is 30.0 Å². The number of fused-ring (bicyclic) bond motifs is 1. The summed E-state index contributed by atoms with van der Waals surface area (Å²) in [6.45, 7) is 1.64. The zero-order valence-corrected chi connectivity index (χ0v) is 12.8. The third-order valence-corrected chi connectivity index (χ3v) is 4.14. The first kappa shape index (κ1) is 14.0. The van der Waals surface area contributed by atoms with Crippen LogP contribution in [0, 0.1) is 0 Å². The Bertz CT molecular complexity index is 765. The molecule has 23 heavy (non-hydrogen) atoms. The first-order valence-electron chi connectivity index (χ1n) is 7.85. The molecular formula is C17H18N6. The minimum Gasteiger partial charge on any atom is -0.308 e. The molecule has 1 aromatic carbocycles. The third kappa shape index (κ3) is 3.12. The number of aromatic nitrogens is 5. The van der Waals surface area contributed by atoms with Crippen LogP contribution in [-0.2, 0) is 19.5 Å². The summed E-state index contributed by atoms with van der Waals surface area (Å²) in [4.78, 5) is 13.2. The highest BCUT2D eigenvalue weighted by Crippen LogP contribution is 2.14. The van der Waals surface area contributed by atoms with Crippen molar-refractivity contribution in [2.24, 2.45) is 0 Å². The molecule has 0 saturated heterocycles. The predicted molar refractivity (Wildman–Crippen MR) is 86.4 cm³/mol. The first-order valence-corrected chi connectivity index (χ1v) is 7.85. The van der Waals surface area contributed by atoms with Crippen molar-refractivity contribution >= 4 is 0 Å². The Morgan fingerprint density at radius 2 is 1.91 bits per heavy atom. The summed E-state index contributed by atoms with van der Waals surface area (Å²) in [5.41, 5.74) is 2.13. The van der Waals surface area contributed by atoms with Crippen LogP contribution >= 0.6 is 0 Å². The molecule has 0 aliphatic carbocycles. The van der Waals surface area contributed by atoms with E-state index in [9.17, 15) is 0 Å². The molecule has 6 heteroatoms. The highest BCUT2D eigenvalue weighted by Gasteiger charge is 2.19. The minimum absolute atomic E-state index is 0.415. The average molecular weight is 306 g/mol. The van der Waals surface area contributed by atoms with E-state index < -0.39 is 0 Å². The molecule has 6 nitrogen and oxygen atoms in total. The number of nitrogens with one attached hydrogen (secondary N) is 1. The van der Waals surface area contributed by atoms with Crippen molar-refractivity contribution in [2.75, 3.05) is 0 Å². The summed E-state index contributed by atoms with van der Waals surface area (Å²) < 4.78 is 1.98. The Kier molecular flexibility index (Phi) is 3.81. The lowest BCUT2D eigenvalue weighted by atomic mass is 10.1. The van der Waals surface area contributed by atoms with E-state index >= 15 is 0 Å². The van der Waals surface area contributed by atoms with Gasteiger partial charge in [-0.05, 0) is 6.42 Å². The molecule has 0 amide bonds. The van der Waals surface area contributed by atoms with Crippen molar-refractivity contribution in [3.8, 4) is 11.4 Å². The molecule has 3 heterocycles. The smallest absolute Gasteiger partial charge is 0.159 e. The summed E-state index contributed by atoms with van der Waals surface area (Å²) in [7, 11) is 0. The fraction of sp³-hybridized carbons (Fsp3) is 0.294. The Morgan fingerprint density at radius 3 is 2.74 bits per heavy atom. The molecule has 0 radical (unpaired) electrons. The molecule has 0 spiro atoms. The summed E-state index contributed by atoms with van der Waals surface area (Å²) in [5, 5.41) is 7.81. The Balaban J connectivity index is 1.37. The largest absolute Gasteiger partial charge is 0.308 e. The van der Waals surface area contributed by atoms with Gasteiger partial charge in [-0.25, -0.2) is 19.6 Å². The topological polar surface area (TPSA) is 68.5 Å². The number of benzene rings is 1. The second-order valence-corrected chi connectivity index (χ2v) is 5.76. The average Bonchev–Trinajstić information content (AvgIpc) is 3.09. The molecule has 116 valence electrons. The molecule has 1 atom stereocenters. The van der Waals surface area contributed by atoms with Crippen LogP contribution in [0.2, 0.25) is 0 Å². The van der Waals surface area contributed by atoms with Gasteiger partial charge in [0.1, 0.15) is 12.2 Å². The van der Waals surface area contributed by atoms with Gasteiger partial charge < -0.3 is 5.32 Å². The molecule has 0 unspecified atom stereocenters. The van der Waals surface area contributed by atoms with E-state index in [1.165, 1.54) is 0 Å². The van der Waals surface area contributed by atoms with Gasteiger partial charge in [-0.3, -0.25) is 0 Å². The van der Waals surface area contributed by atoms with Crippen LogP contribution in [0.15, 0.2) is 49.1 Å². The number of aryl methyl sites for hydroxylation is 1. The predicted octanol–water partition coefficient (Wildman–Crippen LogP) is 1.84. The van der Waals surface area contributed by atoms with Crippen molar-refractivity contribution in [1.29, 1.82) is 0 Å². The SMILES string of the molecule is c1ccc(-c2ncc(CN[C@H]3CCc4ncnn4C3)cn2)cc1. The molecule has 2 aromatic heterocycles. The quantitative estimate of drug-likeness (QED) is 0.796. The molecule has 1 aliphatic rings. The lowest BCUT2D eigenvalue weighted by Crippen LogP contribution is -2.37. The van der Waals surface area contributed by atoms with Crippen molar-refractivity contribution in [2.45, 2.75) is 32.0 Å². The van der Waals surface area contributed by atoms with Gasteiger partial charge >= 0.3 is 0 Å². The van der Waals surface area contributed by atoms with Gasteiger partial charge in [0, 0.05) is 42.5 Å². The maximum absolute atomic E-state index is 4.46. The number of rotatable bonds is 4. The molecule has 1 N–H and O–H groups in total. The Hall–Kier alpha value is -2.60. The molecule has 0 saturated carbocycles. The zero-order chi connectivity index (χ0) is 15.5. The standard InChI is InChI=1S/C17H18N6/c1-2-4-14(5-3-1)17-19-9-13(10-20-17)8-18-15-6-7-16-21-12-22-23(16)11-15/h1-5,9-10,12,15,18H,6-8,11H2/t15-/m0/s1. The van der Waals surface area contributed by atoms with Crippen LogP contribution in [0.3, 0.4) is 0 Å². The van der Waals surface area contributed by atoms with Gasteiger partial charge in [0.2, 0.25) is 0 Å². The van der Waals surface area contributed by atoms with Crippen molar-refractivity contribution in [3.63, 3.8) is 0 Å². The van der Waals surface area contributed by atoms with Gasteiger partial charge in [0.25, 0.3) is 0 Å². The summed E-state index contributed by atoms with van der Waals surface area (Å²) in [6, 6.07) is 10.4. The van der Waals surface area contributed by atoms with E-state index in [-0.39, 0.29) is 0 Å². The van der Waals surface area contributed by atoms with Crippen LogP contribution in [0.4, 0.5) is 0 Å². The fourth-order valence-electron chi connectivity index (χ4n) is 2.85. The van der Waals surface area contributed by atoms with Gasteiger partial charge in [-0.2, -0.15) is 5.10 Å². The summed E-state index contributed by atoms with van der Waals surface area (Å²) in [5.74, 6) is 1.85. The van der Waals surface area contributed by atoms with E-state index in [4.69, 9.17) is 0 Å². The Labute approximate surface area is 134 Å². The van der Waals surface area contributed by atoms with E-state index in [0.717, 1.165) is 48.7 Å². The summed E-state index contributed by atoms with van der Waals surface area (Å²) in [6.07, 6.45) is 7.48. The molecule has 1 aliphatic heterocycles. The maximum atomic E-state index is 4.46. The van der Waals surface area contributed by atoms with Gasteiger partial charge in [0.15, 0.2) is 5.82 Å². The lowest BCUT2D eigenvalue weighted by Gasteiger charge is -2.23. The normalized spacial score (nSPS) is 17.0. The lowest BCUT2D eigenvalue weighted by molar-refractivity contribution is 0.358. The number of hydrogen-bond donors (Lipinski definition) is 1. The minimum atomic E-state index is 0.415. The van der Waals surface area contributed by atoms with E-state index in [2.05, 4.69) is 25.4 Å². The molecular weight excluding hydrogens is 288 g/mol. The molecule has 3 aromatic rings. The van der Waals surface area contributed by atoms with Crippen LogP contribution in [0.5, 0.6) is 0 Å². The molecule has 4 rings (SSSR count). The highest BCUT2D eigenvalue weighted by atomic mass is 15.3. The van der Waals surface area contributed by atoms with Crippen LogP contribution in [0.1, 0.15) is 17.8 Å². The van der Waals surface area contributed by atoms with Gasteiger partial charge in [0.05, 0.1) is 6.54 Å². The maximum Gasteiger partial charge on any atom is 0.159 e. The summed E-state index contributed by atoms with van der Waals surface area (Å²) >= 11 is 0. The highest BCUT2D eigenvalue weighted by molar-refractivity contribution is 5.53. The van der Waals surface area contributed by atoms with Crippen LogP contribution < -0.4 is 5.32 Å². The van der Waals surface area contributed by atoms with Crippen LogP contribution in [-0.4, -0.2) is 30.8 Å². The number of nitrogens with zero attached hydrogens (tertiary/aromatic N) is 5. The van der Waals surface area contributed by atoms with Crippen molar-refractivity contribution in [3.05, 3.63) is 60.4 Å². The van der Waals surface area contributed by atoms with E-state index in [1.54, 1.807) is 6.33 Å². The monoisotopic (exact) mass is 306 g/mol. The Morgan fingerprint density at radius 1 is 1.09 bits per heavy atom. The second kappa shape index (κ2) is 6.26. The third-order valence-electron chi connectivity index (χ3n) is 4.14. The second-order valence-electron chi connectivity index (χ2n) is 5.76. The van der Waals surface area contributed by atoms with E-state index in [0.29, 0.717) is 6.04 Å². The first-order chi connectivity index (χ1) is 11.4.